The van der Waals surface area contributed by atoms with E-state index in [1.54, 1.807) is 32.4 Å². The van der Waals surface area contributed by atoms with Gasteiger partial charge in [-0.05, 0) is 23.3 Å². The lowest BCUT2D eigenvalue weighted by atomic mass is 9.98. The zero-order valence-electron chi connectivity index (χ0n) is 9.97. The van der Waals surface area contributed by atoms with Crippen molar-refractivity contribution in [1.29, 1.82) is 0 Å². The highest BCUT2D eigenvalue weighted by Crippen LogP contribution is 2.24. The van der Waals surface area contributed by atoms with Crippen molar-refractivity contribution in [3.05, 3.63) is 29.3 Å². The van der Waals surface area contributed by atoms with E-state index in [1.807, 2.05) is 0 Å². The molecule has 1 unspecified atom stereocenters. The molecular formula is C12H17NO4. The summed E-state index contributed by atoms with van der Waals surface area (Å²) in [7, 11) is 3.15. The summed E-state index contributed by atoms with van der Waals surface area (Å²) in [5.74, 6) is -0.222. The molecule has 0 bridgehead atoms. The number of carboxylic acid groups (broad SMARTS) is 1. The molecule has 0 aliphatic rings. The van der Waals surface area contributed by atoms with Crippen LogP contribution in [0.4, 0.5) is 0 Å². The zero-order valence-corrected chi connectivity index (χ0v) is 9.97. The van der Waals surface area contributed by atoms with Crippen molar-refractivity contribution in [2.75, 3.05) is 14.2 Å². The third-order valence-corrected chi connectivity index (χ3v) is 2.44. The minimum absolute atomic E-state index is 0.108. The average molecular weight is 239 g/mol. The normalized spacial score (nSPS) is 12.2. The summed E-state index contributed by atoms with van der Waals surface area (Å²) >= 11 is 0. The van der Waals surface area contributed by atoms with Crippen LogP contribution in [0.3, 0.4) is 0 Å². The van der Waals surface area contributed by atoms with Gasteiger partial charge >= 0.3 is 5.97 Å². The number of methoxy groups -OCH3 is 2. The summed E-state index contributed by atoms with van der Waals surface area (Å²) in [5.41, 5.74) is 7.46. The Kier molecular flexibility index (Phi) is 4.93. The number of hydrogen-bond acceptors (Lipinski definition) is 4. The first-order valence-corrected chi connectivity index (χ1v) is 5.21. The Balaban J connectivity index is 3.00. The lowest BCUT2D eigenvalue weighted by Crippen LogP contribution is -2.17. The van der Waals surface area contributed by atoms with Crippen LogP contribution in [-0.4, -0.2) is 25.3 Å². The van der Waals surface area contributed by atoms with Crippen molar-refractivity contribution >= 4 is 5.97 Å². The van der Waals surface area contributed by atoms with Crippen LogP contribution in [0.15, 0.2) is 18.2 Å². The number of carbonyl (C=O) groups is 1. The van der Waals surface area contributed by atoms with Crippen LogP contribution in [0, 0.1) is 0 Å². The number of carboxylic acids is 1. The Labute approximate surface area is 100 Å². The van der Waals surface area contributed by atoms with Gasteiger partial charge in [0.25, 0.3) is 0 Å². The van der Waals surface area contributed by atoms with E-state index in [-0.39, 0.29) is 6.42 Å². The number of nitrogens with two attached hydrogens (primary N) is 1. The van der Waals surface area contributed by atoms with E-state index in [4.69, 9.17) is 20.3 Å². The number of benzene rings is 1. The maximum Gasteiger partial charge on any atom is 0.305 e. The summed E-state index contributed by atoms with van der Waals surface area (Å²) in [6, 6.07) is 4.81. The van der Waals surface area contributed by atoms with Crippen molar-refractivity contribution in [3.8, 4) is 5.75 Å². The van der Waals surface area contributed by atoms with Gasteiger partial charge in [0, 0.05) is 13.2 Å². The quantitative estimate of drug-likeness (QED) is 0.782. The van der Waals surface area contributed by atoms with Crippen LogP contribution in [-0.2, 0) is 16.1 Å². The van der Waals surface area contributed by atoms with Crippen LogP contribution in [0.25, 0.3) is 0 Å². The fraction of sp³-hybridized carbons (Fsp3) is 0.417. The van der Waals surface area contributed by atoms with Crippen LogP contribution in [0.5, 0.6) is 5.75 Å². The first-order valence-electron chi connectivity index (χ1n) is 5.21. The standard InChI is InChI=1S/C12H17NO4/c1-16-7-8-5-9(17-2)3-4-10(8)11(13)6-12(14)15/h3-5,11H,6-7,13H2,1-2H3,(H,14,15). The highest BCUT2D eigenvalue weighted by Gasteiger charge is 2.15. The molecule has 0 fully saturated rings. The summed E-state index contributed by atoms with van der Waals surface area (Å²) < 4.78 is 10.2. The molecule has 0 saturated heterocycles. The SMILES string of the molecule is COCc1cc(OC)ccc1C(N)CC(=O)O. The molecule has 17 heavy (non-hydrogen) atoms. The maximum absolute atomic E-state index is 10.6. The van der Waals surface area contributed by atoms with Crippen molar-refractivity contribution < 1.29 is 19.4 Å². The molecule has 1 atom stereocenters. The first-order chi connectivity index (χ1) is 8.08. The van der Waals surface area contributed by atoms with Gasteiger partial charge in [0.2, 0.25) is 0 Å². The van der Waals surface area contributed by atoms with Gasteiger partial charge in [-0.15, -0.1) is 0 Å². The second-order valence-electron chi connectivity index (χ2n) is 3.70. The van der Waals surface area contributed by atoms with Crippen LogP contribution >= 0.6 is 0 Å². The van der Waals surface area contributed by atoms with Gasteiger partial charge in [-0.1, -0.05) is 6.07 Å². The predicted octanol–water partition coefficient (Wildman–Crippen LogP) is 1.32. The molecule has 0 aliphatic carbocycles. The molecule has 0 amide bonds. The van der Waals surface area contributed by atoms with E-state index in [9.17, 15) is 4.79 Å². The van der Waals surface area contributed by atoms with Crippen molar-refractivity contribution in [3.63, 3.8) is 0 Å². The molecule has 5 heteroatoms. The van der Waals surface area contributed by atoms with Crippen LogP contribution < -0.4 is 10.5 Å². The molecule has 94 valence electrons. The largest absolute Gasteiger partial charge is 0.497 e. The Morgan fingerprint density at radius 1 is 1.47 bits per heavy atom. The molecule has 0 heterocycles. The highest BCUT2D eigenvalue weighted by molar-refractivity contribution is 5.68. The van der Waals surface area contributed by atoms with Gasteiger partial charge < -0.3 is 20.3 Å². The second kappa shape index (κ2) is 6.22. The van der Waals surface area contributed by atoms with Gasteiger partial charge in [0.05, 0.1) is 20.1 Å². The highest BCUT2D eigenvalue weighted by atomic mass is 16.5. The van der Waals surface area contributed by atoms with Crippen LogP contribution in [0.1, 0.15) is 23.6 Å². The lowest BCUT2D eigenvalue weighted by molar-refractivity contribution is -0.137. The molecule has 1 aromatic carbocycles. The predicted molar refractivity (Wildman–Crippen MR) is 62.9 cm³/mol. The average Bonchev–Trinajstić information content (AvgIpc) is 2.28. The summed E-state index contributed by atoms with van der Waals surface area (Å²) in [4.78, 5) is 10.6. The molecule has 1 rings (SSSR count). The van der Waals surface area contributed by atoms with E-state index in [1.165, 1.54) is 0 Å². The number of ether oxygens (including phenoxy) is 2. The minimum atomic E-state index is -0.920. The number of aliphatic carboxylic acids is 1. The lowest BCUT2D eigenvalue weighted by Gasteiger charge is -2.15. The van der Waals surface area contributed by atoms with Gasteiger partial charge in [-0.3, -0.25) is 4.79 Å². The third kappa shape index (κ3) is 3.72. The summed E-state index contributed by atoms with van der Waals surface area (Å²) in [6.45, 7) is 0.375. The summed E-state index contributed by atoms with van der Waals surface area (Å²) in [6.07, 6.45) is -0.108. The molecule has 0 saturated carbocycles. The molecule has 5 nitrogen and oxygen atoms in total. The third-order valence-electron chi connectivity index (χ3n) is 2.44. The number of rotatable bonds is 6. The Hall–Kier alpha value is -1.59. The molecule has 0 spiro atoms. The Bertz CT molecular complexity index is 392. The van der Waals surface area contributed by atoms with Gasteiger partial charge in [-0.25, -0.2) is 0 Å². The molecule has 1 aromatic rings. The molecule has 0 aliphatic heterocycles. The molecule has 0 aromatic heterocycles. The maximum atomic E-state index is 10.6. The van der Waals surface area contributed by atoms with Crippen molar-refractivity contribution in [2.45, 2.75) is 19.1 Å². The summed E-state index contributed by atoms with van der Waals surface area (Å²) in [5, 5.41) is 8.73. The van der Waals surface area contributed by atoms with E-state index < -0.39 is 12.0 Å². The van der Waals surface area contributed by atoms with E-state index in [0.717, 1.165) is 11.1 Å². The second-order valence-corrected chi connectivity index (χ2v) is 3.70. The monoisotopic (exact) mass is 239 g/mol. The smallest absolute Gasteiger partial charge is 0.305 e. The van der Waals surface area contributed by atoms with E-state index in [2.05, 4.69) is 0 Å². The Morgan fingerprint density at radius 3 is 2.71 bits per heavy atom. The zero-order chi connectivity index (χ0) is 12.8. The van der Waals surface area contributed by atoms with Crippen molar-refractivity contribution in [2.24, 2.45) is 5.73 Å². The van der Waals surface area contributed by atoms with E-state index in [0.29, 0.717) is 12.4 Å². The van der Waals surface area contributed by atoms with Gasteiger partial charge in [-0.2, -0.15) is 0 Å². The van der Waals surface area contributed by atoms with E-state index >= 15 is 0 Å². The van der Waals surface area contributed by atoms with Crippen molar-refractivity contribution in [1.82, 2.24) is 0 Å². The number of hydrogen-bond donors (Lipinski definition) is 2. The Morgan fingerprint density at radius 2 is 2.18 bits per heavy atom. The van der Waals surface area contributed by atoms with Gasteiger partial charge in [0.15, 0.2) is 0 Å². The fourth-order valence-corrected chi connectivity index (χ4v) is 1.65. The fourth-order valence-electron chi connectivity index (χ4n) is 1.65. The van der Waals surface area contributed by atoms with Crippen LogP contribution in [0.2, 0.25) is 0 Å². The topological polar surface area (TPSA) is 81.8 Å². The molecule has 0 radical (unpaired) electrons. The first kappa shape index (κ1) is 13.5. The molecule has 3 N–H and O–H groups in total. The molecular weight excluding hydrogens is 222 g/mol. The minimum Gasteiger partial charge on any atom is -0.497 e. The van der Waals surface area contributed by atoms with Gasteiger partial charge in [0.1, 0.15) is 5.75 Å².